The van der Waals surface area contributed by atoms with Gasteiger partial charge in [0.2, 0.25) is 11.9 Å². The molecule has 0 atom stereocenters. The van der Waals surface area contributed by atoms with Crippen molar-refractivity contribution in [2.24, 2.45) is 0 Å². The van der Waals surface area contributed by atoms with E-state index in [-0.39, 0.29) is 5.91 Å². The van der Waals surface area contributed by atoms with Crippen molar-refractivity contribution >= 4 is 23.2 Å². The summed E-state index contributed by atoms with van der Waals surface area (Å²) in [5.74, 6) is 0.756. The molecule has 0 unspecified atom stereocenters. The molecule has 1 spiro atoms. The van der Waals surface area contributed by atoms with Crippen molar-refractivity contribution in [2.75, 3.05) is 30.0 Å². The van der Waals surface area contributed by atoms with E-state index in [9.17, 15) is 4.79 Å². The summed E-state index contributed by atoms with van der Waals surface area (Å²) in [5.41, 5.74) is 2.57. The Morgan fingerprint density at radius 2 is 2.00 bits per heavy atom. The van der Waals surface area contributed by atoms with E-state index < -0.39 is 5.41 Å². The number of nitrogens with one attached hydrogen (secondary N) is 1. The topological polar surface area (TPSA) is 67.3 Å². The number of anilines is 3. The molecular weight excluding hydrogens is 304 g/mol. The fraction of sp³-hybridized carbons (Fsp3) is 0.389. The van der Waals surface area contributed by atoms with Crippen LogP contribution in [0.2, 0.25) is 0 Å². The lowest BCUT2D eigenvalue weighted by atomic mass is 9.75. The highest BCUT2D eigenvalue weighted by Crippen LogP contribution is 2.48. The summed E-state index contributed by atoms with van der Waals surface area (Å²) in [6.45, 7) is 3.96. The third-order valence-corrected chi connectivity index (χ3v) is 4.94. The molecule has 2 aliphatic heterocycles. The molecular formula is C18H20N4O2. The molecule has 0 saturated carbocycles. The number of carbonyl (C=O) groups is 1. The van der Waals surface area contributed by atoms with Crippen LogP contribution in [0.3, 0.4) is 0 Å². The Morgan fingerprint density at radius 3 is 2.71 bits per heavy atom. The standard InChI is InChI=1S/C18H20N4O2/c1-2-22-15-5-4-13(21-17-19-8-3-9-20-17)12-14(15)18(16(22)23)6-10-24-11-7-18/h3-5,8-9,12H,2,6-7,10-11H2,1H3,(H,19,20,21). The fourth-order valence-electron chi connectivity index (χ4n) is 3.73. The van der Waals surface area contributed by atoms with E-state index in [4.69, 9.17) is 4.74 Å². The Labute approximate surface area is 140 Å². The third-order valence-electron chi connectivity index (χ3n) is 4.94. The van der Waals surface area contributed by atoms with Gasteiger partial charge in [-0.25, -0.2) is 9.97 Å². The van der Waals surface area contributed by atoms with Crippen LogP contribution in [0.15, 0.2) is 36.7 Å². The summed E-state index contributed by atoms with van der Waals surface area (Å²) in [6, 6.07) is 7.85. The van der Waals surface area contributed by atoms with Gasteiger partial charge in [-0.05, 0) is 49.6 Å². The molecule has 1 fully saturated rings. The number of hydrogen-bond donors (Lipinski definition) is 1. The summed E-state index contributed by atoms with van der Waals surface area (Å²) < 4.78 is 5.51. The van der Waals surface area contributed by atoms with Crippen LogP contribution < -0.4 is 10.2 Å². The zero-order valence-corrected chi connectivity index (χ0v) is 13.7. The number of ether oxygens (including phenoxy) is 1. The Kier molecular flexibility index (Phi) is 3.69. The Bertz CT molecular complexity index is 757. The highest BCUT2D eigenvalue weighted by Gasteiger charge is 2.51. The van der Waals surface area contributed by atoms with Gasteiger partial charge in [-0.3, -0.25) is 4.79 Å². The van der Waals surface area contributed by atoms with Crippen LogP contribution in [0.25, 0.3) is 0 Å². The number of amides is 1. The average Bonchev–Trinajstić information content (AvgIpc) is 2.85. The molecule has 1 N–H and O–H groups in total. The van der Waals surface area contributed by atoms with Crippen molar-refractivity contribution in [1.82, 2.24) is 9.97 Å². The molecule has 1 aromatic heterocycles. The van der Waals surface area contributed by atoms with Gasteiger partial charge >= 0.3 is 0 Å². The fourth-order valence-corrected chi connectivity index (χ4v) is 3.73. The highest BCUT2D eigenvalue weighted by molar-refractivity contribution is 6.08. The van der Waals surface area contributed by atoms with Crippen LogP contribution in [0, 0.1) is 0 Å². The summed E-state index contributed by atoms with van der Waals surface area (Å²) in [7, 11) is 0. The van der Waals surface area contributed by atoms with E-state index in [0.717, 1.165) is 29.8 Å². The van der Waals surface area contributed by atoms with Crippen molar-refractivity contribution < 1.29 is 9.53 Å². The van der Waals surface area contributed by atoms with E-state index in [1.165, 1.54) is 0 Å². The maximum absolute atomic E-state index is 13.1. The van der Waals surface area contributed by atoms with Crippen LogP contribution >= 0.6 is 0 Å². The largest absolute Gasteiger partial charge is 0.381 e. The molecule has 124 valence electrons. The van der Waals surface area contributed by atoms with Crippen molar-refractivity contribution in [3.05, 3.63) is 42.2 Å². The maximum Gasteiger partial charge on any atom is 0.237 e. The molecule has 2 aromatic rings. The smallest absolute Gasteiger partial charge is 0.237 e. The van der Waals surface area contributed by atoms with Crippen LogP contribution in [0.5, 0.6) is 0 Å². The quantitative estimate of drug-likeness (QED) is 0.940. The first kappa shape index (κ1) is 15.1. The summed E-state index contributed by atoms with van der Waals surface area (Å²) in [4.78, 5) is 23.4. The van der Waals surface area contributed by atoms with Crippen LogP contribution in [-0.2, 0) is 14.9 Å². The summed E-state index contributed by atoms with van der Waals surface area (Å²) >= 11 is 0. The predicted octanol–water partition coefficient (Wildman–Crippen LogP) is 2.63. The number of rotatable bonds is 3. The molecule has 2 aliphatic rings. The van der Waals surface area contributed by atoms with Gasteiger partial charge in [0.1, 0.15) is 0 Å². The third kappa shape index (κ3) is 2.26. The number of fused-ring (bicyclic) bond motifs is 2. The molecule has 1 aromatic carbocycles. The number of nitrogens with zero attached hydrogens (tertiary/aromatic N) is 3. The van der Waals surface area contributed by atoms with Gasteiger partial charge in [0.15, 0.2) is 0 Å². The van der Waals surface area contributed by atoms with E-state index >= 15 is 0 Å². The molecule has 0 radical (unpaired) electrons. The second kappa shape index (κ2) is 5.87. The average molecular weight is 324 g/mol. The van der Waals surface area contributed by atoms with Gasteiger partial charge in [0.25, 0.3) is 0 Å². The summed E-state index contributed by atoms with van der Waals surface area (Å²) in [5, 5.41) is 3.22. The van der Waals surface area contributed by atoms with Gasteiger partial charge in [0.05, 0.1) is 5.41 Å². The lowest BCUT2D eigenvalue weighted by Crippen LogP contribution is -2.44. The molecule has 1 amide bonds. The van der Waals surface area contributed by atoms with Crippen LogP contribution in [0.1, 0.15) is 25.3 Å². The lowest BCUT2D eigenvalue weighted by molar-refractivity contribution is -0.126. The number of benzene rings is 1. The molecule has 3 heterocycles. The first-order valence-corrected chi connectivity index (χ1v) is 8.33. The van der Waals surface area contributed by atoms with Gasteiger partial charge < -0.3 is 15.0 Å². The Balaban J connectivity index is 1.75. The Hall–Kier alpha value is -2.47. The highest BCUT2D eigenvalue weighted by atomic mass is 16.5. The van der Waals surface area contributed by atoms with Crippen LogP contribution in [-0.4, -0.2) is 35.6 Å². The van der Waals surface area contributed by atoms with Crippen molar-refractivity contribution in [2.45, 2.75) is 25.2 Å². The minimum Gasteiger partial charge on any atom is -0.381 e. The maximum atomic E-state index is 13.1. The minimum absolute atomic E-state index is 0.205. The molecule has 24 heavy (non-hydrogen) atoms. The lowest BCUT2D eigenvalue weighted by Gasteiger charge is -2.32. The monoisotopic (exact) mass is 324 g/mol. The Morgan fingerprint density at radius 1 is 1.25 bits per heavy atom. The number of likely N-dealkylation sites (N-methyl/N-ethyl adjacent to an activating group) is 1. The van der Waals surface area contributed by atoms with Crippen molar-refractivity contribution in [3.8, 4) is 0 Å². The van der Waals surface area contributed by atoms with E-state index in [2.05, 4.69) is 21.4 Å². The molecule has 0 bridgehead atoms. The molecule has 4 rings (SSSR count). The molecule has 0 aliphatic carbocycles. The molecule has 6 nitrogen and oxygen atoms in total. The van der Waals surface area contributed by atoms with Gasteiger partial charge in [-0.15, -0.1) is 0 Å². The minimum atomic E-state index is -0.446. The predicted molar refractivity (Wildman–Crippen MR) is 91.5 cm³/mol. The number of carbonyl (C=O) groups excluding carboxylic acids is 1. The number of hydrogen-bond acceptors (Lipinski definition) is 5. The van der Waals surface area contributed by atoms with Crippen molar-refractivity contribution in [3.63, 3.8) is 0 Å². The normalized spacial score (nSPS) is 18.7. The van der Waals surface area contributed by atoms with E-state index in [1.54, 1.807) is 18.5 Å². The van der Waals surface area contributed by atoms with Crippen LogP contribution in [0.4, 0.5) is 17.3 Å². The summed E-state index contributed by atoms with van der Waals surface area (Å²) in [6.07, 6.45) is 4.87. The SMILES string of the molecule is CCN1C(=O)C2(CCOCC2)c2cc(Nc3ncccn3)ccc21. The first-order valence-electron chi connectivity index (χ1n) is 8.33. The molecule has 6 heteroatoms. The van der Waals surface area contributed by atoms with Gasteiger partial charge in [-0.1, -0.05) is 0 Å². The van der Waals surface area contributed by atoms with E-state index in [0.29, 0.717) is 25.7 Å². The van der Waals surface area contributed by atoms with Gasteiger partial charge in [0, 0.05) is 43.5 Å². The van der Waals surface area contributed by atoms with Gasteiger partial charge in [-0.2, -0.15) is 0 Å². The zero-order chi connectivity index (χ0) is 16.6. The first-order chi connectivity index (χ1) is 11.7. The zero-order valence-electron chi connectivity index (χ0n) is 13.7. The van der Waals surface area contributed by atoms with E-state index in [1.807, 2.05) is 24.0 Å². The number of aromatic nitrogens is 2. The van der Waals surface area contributed by atoms with Crippen molar-refractivity contribution in [1.29, 1.82) is 0 Å². The molecule has 1 saturated heterocycles. The second-order valence-electron chi connectivity index (χ2n) is 6.17. The second-order valence-corrected chi connectivity index (χ2v) is 6.17.